The molecule has 31 heavy (non-hydrogen) atoms. The number of nitrogens with zero attached hydrogens (tertiary/aromatic N) is 2. The molecule has 0 saturated carbocycles. The Hall–Kier alpha value is -2.68. The van der Waals surface area contributed by atoms with Gasteiger partial charge in [-0.1, -0.05) is 13.8 Å². The first kappa shape index (κ1) is 21.5. The van der Waals surface area contributed by atoms with Gasteiger partial charge < -0.3 is 10.5 Å². The average molecular weight is 446 g/mol. The molecule has 1 aliphatic heterocycles. The van der Waals surface area contributed by atoms with Gasteiger partial charge in [-0.25, -0.2) is 13.1 Å². The van der Waals surface area contributed by atoms with Gasteiger partial charge in [0, 0.05) is 12.5 Å². The summed E-state index contributed by atoms with van der Waals surface area (Å²) in [5.41, 5.74) is 8.45. The number of aryl methyl sites for hydroxylation is 1. The summed E-state index contributed by atoms with van der Waals surface area (Å²) < 4.78 is 31.2. The molecule has 1 aromatic carbocycles. The van der Waals surface area contributed by atoms with Crippen LogP contribution in [0.15, 0.2) is 18.2 Å². The van der Waals surface area contributed by atoms with E-state index in [-0.39, 0.29) is 34.4 Å². The van der Waals surface area contributed by atoms with Crippen LogP contribution in [-0.4, -0.2) is 47.5 Å². The summed E-state index contributed by atoms with van der Waals surface area (Å²) in [5, 5.41) is 4.60. The molecule has 9 heteroatoms. The Morgan fingerprint density at radius 3 is 2.55 bits per heavy atom. The first-order valence-corrected chi connectivity index (χ1v) is 12.2. The maximum Gasteiger partial charge on any atom is 0.252 e. The van der Waals surface area contributed by atoms with E-state index in [1.807, 2.05) is 6.92 Å². The molecule has 1 amide bonds. The molecule has 1 fully saturated rings. The number of rotatable bonds is 4. The summed E-state index contributed by atoms with van der Waals surface area (Å²) in [6.45, 7) is 5.94. The van der Waals surface area contributed by atoms with Crippen LogP contribution in [0.5, 0.6) is 5.75 Å². The normalized spacial score (nSPS) is 20.3. The predicted molar refractivity (Wildman–Crippen MR) is 116 cm³/mol. The fraction of sp³-hybridized carbons (Fsp3) is 0.500. The van der Waals surface area contributed by atoms with Crippen molar-refractivity contribution in [3.8, 4) is 11.4 Å². The second-order valence-electron chi connectivity index (χ2n) is 9.27. The van der Waals surface area contributed by atoms with Gasteiger partial charge in [0.05, 0.1) is 39.7 Å². The maximum absolute atomic E-state index is 12.7. The monoisotopic (exact) mass is 445 g/mol. The Labute approximate surface area is 181 Å². The number of ether oxygens (including phenoxy) is 1. The lowest BCUT2D eigenvalue weighted by atomic mass is 9.75. The van der Waals surface area contributed by atoms with E-state index in [9.17, 15) is 18.0 Å². The predicted octanol–water partition coefficient (Wildman–Crippen LogP) is 2.39. The van der Waals surface area contributed by atoms with Crippen molar-refractivity contribution in [3.63, 3.8) is 0 Å². The molecule has 1 saturated heterocycles. The molecule has 2 N–H and O–H groups in total. The maximum atomic E-state index is 12.7. The number of hydrogen-bond donors (Lipinski definition) is 1. The smallest absolute Gasteiger partial charge is 0.252 e. The van der Waals surface area contributed by atoms with Crippen LogP contribution in [0.3, 0.4) is 0 Å². The van der Waals surface area contributed by atoms with Crippen molar-refractivity contribution < 1.29 is 22.7 Å². The highest BCUT2D eigenvalue weighted by atomic mass is 32.2. The summed E-state index contributed by atoms with van der Waals surface area (Å²) in [6, 6.07) is 5.02. The number of carbonyl (C=O) groups excluding carboxylic acids is 2. The number of fused-ring (bicyclic) bond motifs is 1. The molecule has 0 spiro atoms. The highest BCUT2D eigenvalue weighted by Crippen LogP contribution is 2.37. The molecule has 2 heterocycles. The van der Waals surface area contributed by atoms with E-state index in [0.29, 0.717) is 48.4 Å². The van der Waals surface area contributed by atoms with Gasteiger partial charge in [-0.15, -0.1) is 0 Å². The number of nitrogens with two attached hydrogens (primary N) is 1. The van der Waals surface area contributed by atoms with Gasteiger partial charge >= 0.3 is 0 Å². The van der Waals surface area contributed by atoms with Crippen LogP contribution in [0.25, 0.3) is 5.69 Å². The molecule has 2 aromatic rings. The van der Waals surface area contributed by atoms with Crippen LogP contribution in [0, 0.1) is 12.3 Å². The van der Waals surface area contributed by atoms with E-state index >= 15 is 0 Å². The van der Waals surface area contributed by atoms with Crippen molar-refractivity contribution >= 4 is 21.5 Å². The molecule has 166 valence electrons. The molecule has 4 rings (SSSR count). The quantitative estimate of drug-likeness (QED) is 0.771. The van der Waals surface area contributed by atoms with Gasteiger partial charge in [0.2, 0.25) is 0 Å². The molecule has 8 nitrogen and oxygen atoms in total. The van der Waals surface area contributed by atoms with Crippen LogP contribution in [-0.2, 0) is 16.3 Å². The molecule has 2 aliphatic rings. The van der Waals surface area contributed by atoms with Crippen molar-refractivity contribution in [2.75, 3.05) is 11.5 Å². The number of sulfone groups is 1. The first-order chi connectivity index (χ1) is 14.5. The summed E-state index contributed by atoms with van der Waals surface area (Å²) in [5.74, 6) is -0.111. The lowest BCUT2D eigenvalue weighted by Crippen LogP contribution is -2.31. The van der Waals surface area contributed by atoms with Crippen LogP contribution in [0.2, 0.25) is 0 Å². The molecule has 1 aromatic heterocycles. The number of carbonyl (C=O) groups is 2. The number of aromatic nitrogens is 2. The molecule has 0 atom stereocenters. The van der Waals surface area contributed by atoms with Crippen molar-refractivity contribution in [1.29, 1.82) is 0 Å². The number of primary amides is 1. The lowest BCUT2D eigenvalue weighted by Gasteiger charge is -2.29. The minimum Gasteiger partial charge on any atom is -0.489 e. The first-order valence-electron chi connectivity index (χ1n) is 10.4. The van der Waals surface area contributed by atoms with E-state index in [1.54, 1.807) is 22.9 Å². The molecular formula is C22H27N3O5S. The van der Waals surface area contributed by atoms with Crippen molar-refractivity contribution in [1.82, 2.24) is 9.78 Å². The topological polar surface area (TPSA) is 121 Å². The van der Waals surface area contributed by atoms with E-state index < -0.39 is 15.7 Å². The zero-order valence-corrected chi connectivity index (χ0v) is 18.8. The van der Waals surface area contributed by atoms with Crippen molar-refractivity contribution in [2.24, 2.45) is 11.1 Å². The van der Waals surface area contributed by atoms with Crippen LogP contribution < -0.4 is 10.5 Å². The third-order valence-electron chi connectivity index (χ3n) is 5.99. The second-order valence-corrected chi connectivity index (χ2v) is 11.6. The Morgan fingerprint density at radius 2 is 1.90 bits per heavy atom. The van der Waals surface area contributed by atoms with E-state index in [4.69, 9.17) is 10.5 Å². The number of Topliss-reactive ketones (excluding diaryl/α,β-unsaturated/α-hetero) is 1. The minimum absolute atomic E-state index is 0.0618. The van der Waals surface area contributed by atoms with Gasteiger partial charge in [-0.2, -0.15) is 5.10 Å². The van der Waals surface area contributed by atoms with Gasteiger partial charge in [0.15, 0.2) is 15.6 Å². The van der Waals surface area contributed by atoms with Gasteiger partial charge in [0.25, 0.3) is 5.91 Å². The molecule has 0 bridgehead atoms. The summed E-state index contributed by atoms with van der Waals surface area (Å²) in [4.78, 5) is 24.7. The summed E-state index contributed by atoms with van der Waals surface area (Å²) in [7, 11) is -3.03. The minimum atomic E-state index is -3.03. The number of benzene rings is 1. The average Bonchev–Trinajstić information content (AvgIpc) is 2.98. The van der Waals surface area contributed by atoms with Gasteiger partial charge in [0.1, 0.15) is 11.9 Å². The fourth-order valence-corrected chi connectivity index (χ4v) is 5.91. The highest BCUT2D eigenvalue weighted by molar-refractivity contribution is 7.91. The summed E-state index contributed by atoms with van der Waals surface area (Å²) >= 11 is 0. The van der Waals surface area contributed by atoms with Crippen molar-refractivity contribution in [3.05, 3.63) is 40.7 Å². The third kappa shape index (κ3) is 4.23. The highest BCUT2D eigenvalue weighted by Gasteiger charge is 2.36. The zero-order chi connectivity index (χ0) is 22.6. The Bertz CT molecular complexity index is 1170. The molecule has 0 unspecified atom stereocenters. The largest absolute Gasteiger partial charge is 0.489 e. The van der Waals surface area contributed by atoms with Gasteiger partial charge in [-0.3, -0.25) is 9.59 Å². The number of amides is 1. The number of ketones is 1. The standard InChI is InChI=1S/C22H27N3O5S/c1-13-20-17(11-22(2,3)12-18(20)26)25(24-13)14-4-5-16(21(23)27)19(10-14)30-15-6-8-31(28,29)9-7-15/h4-5,10,15H,6-9,11-12H2,1-3H3,(H2,23,27). The molecule has 1 aliphatic carbocycles. The second kappa shape index (κ2) is 7.47. The fourth-order valence-electron chi connectivity index (χ4n) is 4.46. The zero-order valence-electron chi connectivity index (χ0n) is 18.0. The molecular weight excluding hydrogens is 418 g/mol. The van der Waals surface area contributed by atoms with E-state index in [2.05, 4.69) is 18.9 Å². The number of hydrogen-bond acceptors (Lipinski definition) is 6. The molecule has 0 radical (unpaired) electrons. The van der Waals surface area contributed by atoms with E-state index in [0.717, 1.165) is 5.69 Å². The lowest BCUT2D eigenvalue weighted by molar-refractivity contribution is 0.0909. The van der Waals surface area contributed by atoms with Crippen LogP contribution in [0.4, 0.5) is 0 Å². The third-order valence-corrected chi connectivity index (χ3v) is 7.71. The van der Waals surface area contributed by atoms with Crippen LogP contribution in [0.1, 0.15) is 65.2 Å². The van der Waals surface area contributed by atoms with Gasteiger partial charge in [-0.05, 0) is 43.7 Å². The van der Waals surface area contributed by atoms with E-state index in [1.165, 1.54) is 0 Å². The summed E-state index contributed by atoms with van der Waals surface area (Å²) in [6.07, 6.45) is 1.59. The Balaban J connectivity index is 1.73. The Morgan fingerprint density at radius 1 is 1.23 bits per heavy atom. The Kier molecular flexibility index (Phi) is 5.20. The van der Waals surface area contributed by atoms with Crippen molar-refractivity contribution in [2.45, 2.75) is 52.6 Å². The van der Waals surface area contributed by atoms with Crippen LogP contribution >= 0.6 is 0 Å². The SMILES string of the molecule is Cc1nn(-c2ccc(C(N)=O)c(OC3CCS(=O)(=O)CC3)c2)c2c1C(=O)CC(C)(C)C2.